The summed E-state index contributed by atoms with van der Waals surface area (Å²) in [6.07, 6.45) is 0.569. The quantitative estimate of drug-likeness (QED) is 0.807. The molecule has 1 rings (SSSR count). The monoisotopic (exact) mass is 252 g/mol. The molecule has 102 valence electrons. The zero-order valence-electron chi connectivity index (χ0n) is 11.7. The van der Waals surface area contributed by atoms with Crippen molar-refractivity contribution < 1.29 is 9.84 Å². The van der Waals surface area contributed by atoms with E-state index in [9.17, 15) is 0 Å². The lowest BCUT2D eigenvalue weighted by molar-refractivity contribution is 0.133. The van der Waals surface area contributed by atoms with Gasteiger partial charge in [0, 0.05) is 37.8 Å². The van der Waals surface area contributed by atoms with E-state index in [2.05, 4.69) is 0 Å². The summed E-state index contributed by atoms with van der Waals surface area (Å²) in [5, 5.41) is 9.14. The highest BCUT2D eigenvalue weighted by molar-refractivity contribution is 5.49. The molecule has 0 heterocycles. The number of aliphatic hydroxyl groups excluding tert-OH is 1. The Labute approximate surface area is 109 Å². The van der Waals surface area contributed by atoms with Gasteiger partial charge in [0.05, 0.1) is 12.7 Å². The molecule has 0 saturated carbocycles. The first-order valence-corrected chi connectivity index (χ1v) is 6.18. The van der Waals surface area contributed by atoms with E-state index in [-0.39, 0.29) is 12.7 Å². The van der Waals surface area contributed by atoms with Crippen LogP contribution in [-0.4, -0.2) is 37.5 Å². The predicted octanol–water partition coefficient (Wildman–Crippen LogP) is 1.62. The van der Waals surface area contributed by atoms with Crippen molar-refractivity contribution in [1.82, 2.24) is 0 Å². The average Bonchev–Trinajstić information content (AvgIpc) is 2.28. The summed E-state index contributed by atoms with van der Waals surface area (Å²) >= 11 is 0. The first-order valence-electron chi connectivity index (χ1n) is 6.18. The van der Waals surface area contributed by atoms with Crippen LogP contribution in [0.3, 0.4) is 0 Å². The molecule has 0 aromatic heterocycles. The standard InChI is InChI=1S/C14H24N2O2/c1-11(9-14(2,15)10-17)18-13-7-5-6-12(8-13)16(3)4/h5-8,11,17H,9-10,15H2,1-4H3. The normalized spacial score (nSPS) is 15.9. The third-order valence-electron chi connectivity index (χ3n) is 2.79. The van der Waals surface area contributed by atoms with Gasteiger partial charge in [-0.3, -0.25) is 0 Å². The molecule has 0 saturated heterocycles. The largest absolute Gasteiger partial charge is 0.491 e. The molecule has 0 aliphatic heterocycles. The molecule has 2 unspecified atom stereocenters. The molecule has 0 aliphatic carbocycles. The van der Waals surface area contributed by atoms with E-state index in [0.717, 1.165) is 11.4 Å². The Morgan fingerprint density at radius 3 is 2.67 bits per heavy atom. The van der Waals surface area contributed by atoms with Gasteiger partial charge in [-0.1, -0.05) is 6.07 Å². The summed E-state index contributed by atoms with van der Waals surface area (Å²) in [6, 6.07) is 7.91. The fourth-order valence-electron chi connectivity index (χ4n) is 1.83. The van der Waals surface area contributed by atoms with Crippen LogP contribution >= 0.6 is 0 Å². The Kier molecular flexibility index (Phi) is 4.99. The molecule has 0 amide bonds. The second kappa shape index (κ2) is 6.07. The van der Waals surface area contributed by atoms with Crippen molar-refractivity contribution in [2.24, 2.45) is 5.73 Å². The molecular weight excluding hydrogens is 228 g/mol. The molecule has 1 aromatic carbocycles. The molecule has 1 aromatic rings. The van der Waals surface area contributed by atoms with Gasteiger partial charge in [-0.2, -0.15) is 0 Å². The first kappa shape index (κ1) is 14.8. The molecule has 0 fully saturated rings. The minimum atomic E-state index is -0.599. The summed E-state index contributed by atoms with van der Waals surface area (Å²) in [5.41, 5.74) is 6.41. The van der Waals surface area contributed by atoms with Crippen LogP contribution in [0.15, 0.2) is 24.3 Å². The topological polar surface area (TPSA) is 58.7 Å². The minimum Gasteiger partial charge on any atom is -0.491 e. The molecule has 3 N–H and O–H groups in total. The van der Waals surface area contributed by atoms with Crippen LogP contribution in [0.1, 0.15) is 20.3 Å². The molecule has 0 radical (unpaired) electrons. The molecule has 0 bridgehead atoms. The maximum absolute atomic E-state index is 9.14. The number of nitrogens with zero attached hydrogens (tertiary/aromatic N) is 1. The van der Waals surface area contributed by atoms with Crippen molar-refractivity contribution >= 4 is 5.69 Å². The van der Waals surface area contributed by atoms with E-state index in [1.807, 2.05) is 57.1 Å². The van der Waals surface area contributed by atoms with Crippen LogP contribution in [0, 0.1) is 0 Å². The van der Waals surface area contributed by atoms with Gasteiger partial charge in [-0.15, -0.1) is 0 Å². The van der Waals surface area contributed by atoms with Gasteiger partial charge < -0.3 is 20.5 Å². The Morgan fingerprint density at radius 2 is 2.11 bits per heavy atom. The van der Waals surface area contributed by atoms with E-state index in [1.54, 1.807) is 0 Å². The van der Waals surface area contributed by atoms with Crippen molar-refractivity contribution in [3.63, 3.8) is 0 Å². The van der Waals surface area contributed by atoms with Gasteiger partial charge in [0.1, 0.15) is 5.75 Å². The number of anilines is 1. The van der Waals surface area contributed by atoms with E-state index in [0.29, 0.717) is 6.42 Å². The number of benzene rings is 1. The number of nitrogens with two attached hydrogens (primary N) is 1. The summed E-state index contributed by atoms with van der Waals surface area (Å²) in [6.45, 7) is 3.74. The van der Waals surface area contributed by atoms with Crippen molar-refractivity contribution in [3.05, 3.63) is 24.3 Å². The average molecular weight is 252 g/mol. The van der Waals surface area contributed by atoms with Crippen LogP contribution in [0.25, 0.3) is 0 Å². The highest BCUT2D eigenvalue weighted by Crippen LogP contribution is 2.22. The molecule has 4 nitrogen and oxygen atoms in total. The van der Waals surface area contributed by atoms with Gasteiger partial charge >= 0.3 is 0 Å². The predicted molar refractivity (Wildman–Crippen MR) is 75.2 cm³/mol. The Hall–Kier alpha value is -1.26. The molecular formula is C14H24N2O2. The second-order valence-electron chi connectivity index (χ2n) is 5.34. The SMILES string of the molecule is CC(CC(C)(N)CO)Oc1cccc(N(C)C)c1. The van der Waals surface area contributed by atoms with E-state index in [4.69, 9.17) is 15.6 Å². The van der Waals surface area contributed by atoms with Crippen molar-refractivity contribution in [1.29, 1.82) is 0 Å². The first-order chi connectivity index (χ1) is 8.34. The maximum atomic E-state index is 9.14. The summed E-state index contributed by atoms with van der Waals surface area (Å²) in [5.74, 6) is 0.822. The van der Waals surface area contributed by atoms with Crippen LogP contribution in [0.5, 0.6) is 5.75 Å². The number of ether oxygens (including phenoxy) is 1. The third-order valence-corrected chi connectivity index (χ3v) is 2.79. The fraction of sp³-hybridized carbons (Fsp3) is 0.571. The summed E-state index contributed by atoms with van der Waals surface area (Å²) in [7, 11) is 3.98. The lowest BCUT2D eigenvalue weighted by Crippen LogP contribution is -2.43. The maximum Gasteiger partial charge on any atom is 0.121 e. The second-order valence-corrected chi connectivity index (χ2v) is 5.34. The molecule has 0 spiro atoms. The number of hydrogen-bond donors (Lipinski definition) is 2. The van der Waals surface area contributed by atoms with Crippen LogP contribution < -0.4 is 15.4 Å². The third kappa shape index (κ3) is 4.55. The lowest BCUT2D eigenvalue weighted by Gasteiger charge is -2.26. The Morgan fingerprint density at radius 1 is 1.44 bits per heavy atom. The minimum absolute atomic E-state index is 0.0374. The summed E-state index contributed by atoms with van der Waals surface area (Å²) in [4.78, 5) is 2.03. The van der Waals surface area contributed by atoms with Gasteiger partial charge in [0.15, 0.2) is 0 Å². The van der Waals surface area contributed by atoms with Crippen molar-refractivity contribution in [2.75, 3.05) is 25.6 Å². The highest BCUT2D eigenvalue weighted by atomic mass is 16.5. The number of rotatable bonds is 6. The van der Waals surface area contributed by atoms with Gasteiger partial charge in [0.25, 0.3) is 0 Å². The van der Waals surface area contributed by atoms with E-state index >= 15 is 0 Å². The zero-order chi connectivity index (χ0) is 13.8. The van der Waals surface area contributed by atoms with Gasteiger partial charge in [-0.25, -0.2) is 0 Å². The smallest absolute Gasteiger partial charge is 0.121 e. The highest BCUT2D eigenvalue weighted by Gasteiger charge is 2.21. The fourth-order valence-corrected chi connectivity index (χ4v) is 1.83. The summed E-state index contributed by atoms with van der Waals surface area (Å²) < 4.78 is 5.83. The molecule has 4 heteroatoms. The molecule has 18 heavy (non-hydrogen) atoms. The number of aliphatic hydroxyl groups is 1. The van der Waals surface area contributed by atoms with Crippen LogP contribution in [-0.2, 0) is 0 Å². The van der Waals surface area contributed by atoms with Gasteiger partial charge in [0.2, 0.25) is 0 Å². The lowest BCUT2D eigenvalue weighted by atomic mass is 9.97. The van der Waals surface area contributed by atoms with Crippen LogP contribution in [0.4, 0.5) is 5.69 Å². The molecule has 0 aliphatic rings. The number of hydrogen-bond acceptors (Lipinski definition) is 4. The van der Waals surface area contributed by atoms with Crippen molar-refractivity contribution in [2.45, 2.75) is 31.9 Å². The van der Waals surface area contributed by atoms with Crippen molar-refractivity contribution in [3.8, 4) is 5.75 Å². The van der Waals surface area contributed by atoms with E-state index in [1.165, 1.54) is 0 Å². The Balaban J connectivity index is 2.64. The van der Waals surface area contributed by atoms with Crippen LogP contribution in [0.2, 0.25) is 0 Å². The van der Waals surface area contributed by atoms with E-state index < -0.39 is 5.54 Å². The molecule has 2 atom stereocenters. The Bertz CT molecular complexity index is 378. The van der Waals surface area contributed by atoms with Gasteiger partial charge in [-0.05, 0) is 26.0 Å². The zero-order valence-corrected chi connectivity index (χ0v) is 11.7.